The van der Waals surface area contributed by atoms with E-state index in [1.54, 1.807) is 0 Å². The summed E-state index contributed by atoms with van der Waals surface area (Å²) in [7, 11) is 0. The molecule has 0 atom stereocenters. The Labute approximate surface area is 116 Å². The van der Waals surface area contributed by atoms with Crippen molar-refractivity contribution in [3.05, 3.63) is 17.3 Å². The normalized spacial score (nSPS) is 24.1. The van der Waals surface area contributed by atoms with Crippen molar-refractivity contribution in [1.29, 1.82) is 0 Å². The molecule has 0 unspecified atom stereocenters. The fourth-order valence-electron chi connectivity index (χ4n) is 2.93. The van der Waals surface area contributed by atoms with Crippen LogP contribution in [0.15, 0.2) is 4.42 Å². The predicted octanol–water partition coefficient (Wildman–Crippen LogP) is 2.77. The van der Waals surface area contributed by atoms with Crippen molar-refractivity contribution in [1.82, 2.24) is 9.88 Å². The van der Waals surface area contributed by atoms with Gasteiger partial charge in [0.2, 0.25) is 5.89 Å². The molecule has 108 valence electrons. The lowest BCUT2D eigenvalue weighted by Gasteiger charge is -2.35. The number of nitrogens with zero attached hydrogens (tertiary/aromatic N) is 2. The van der Waals surface area contributed by atoms with Gasteiger partial charge in [-0.25, -0.2) is 4.98 Å². The maximum Gasteiger partial charge on any atom is 0.208 e. The van der Waals surface area contributed by atoms with Gasteiger partial charge in [-0.15, -0.1) is 0 Å². The highest BCUT2D eigenvalue weighted by atomic mass is 16.4. The van der Waals surface area contributed by atoms with E-state index < -0.39 is 0 Å². The van der Waals surface area contributed by atoms with E-state index in [1.807, 2.05) is 13.8 Å². The second kappa shape index (κ2) is 6.53. The van der Waals surface area contributed by atoms with Crippen LogP contribution in [-0.2, 0) is 6.54 Å². The van der Waals surface area contributed by atoms with Crippen molar-refractivity contribution in [2.75, 3.05) is 6.54 Å². The minimum atomic E-state index is 0.408. The number of oxazole rings is 1. The largest absolute Gasteiger partial charge is 0.444 e. The molecule has 0 saturated heterocycles. The first-order valence-electron chi connectivity index (χ1n) is 7.52. The predicted molar refractivity (Wildman–Crippen MR) is 76.9 cm³/mol. The van der Waals surface area contributed by atoms with Gasteiger partial charge in [0, 0.05) is 12.1 Å². The zero-order chi connectivity index (χ0) is 13.8. The maximum absolute atomic E-state index is 6.00. The molecule has 1 aliphatic carbocycles. The molecule has 0 aliphatic heterocycles. The first-order valence-corrected chi connectivity index (χ1v) is 7.52. The highest BCUT2D eigenvalue weighted by Crippen LogP contribution is 2.24. The SMILES string of the molecule is CCCN(Cc1nc(C)c(C)o1)C1CCC(N)CC1. The zero-order valence-electron chi connectivity index (χ0n) is 12.5. The summed E-state index contributed by atoms with van der Waals surface area (Å²) in [6.45, 7) is 8.16. The van der Waals surface area contributed by atoms with Gasteiger partial charge >= 0.3 is 0 Å². The summed E-state index contributed by atoms with van der Waals surface area (Å²) in [4.78, 5) is 7.03. The molecule has 0 radical (unpaired) electrons. The van der Waals surface area contributed by atoms with Gasteiger partial charge < -0.3 is 10.2 Å². The fourth-order valence-corrected chi connectivity index (χ4v) is 2.93. The third-order valence-corrected chi connectivity index (χ3v) is 4.18. The van der Waals surface area contributed by atoms with E-state index in [9.17, 15) is 0 Å². The van der Waals surface area contributed by atoms with Gasteiger partial charge in [-0.3, -0.25) is 4.90 Å². The van der Waals surface area contributed by atoms with E-state index in [2.05, 4.69) is 16.8 Å². The Hall–Kier alpha value is -0.870. The lowest BCUT2D eigenvalue weighted by Crippen LogP contribution is -2.40. The van der Waals surface area contributed by atoms with Gasteiger partial charge in [0.25, 0.3) is 0 Å². The molecule has 4 heteroatoms. The summed E-state index contributed by atoms with van der Waals surface area (Å²) in [5.41, 5.74) is 7.01. The Morgan fingerprint density at radius 1 is 1.26 bits per heavy atom. The Morgan fingerprint density at radius 3 is 2.47 bits per heavy atom. The molecule has 0 aromatic carbocycles. The van der Waals surface area contributed by atoms with E-state index in [0.29, 0.717) is 12.1 Å². The van der Waals surface area contributed by atoms with Crippen LogP contribution in [0.2, 0.25) is 0 Å². The molecule has 0 bridgehead atoms. The molecular weight excluding hydrogens is 238 g/mol. The number of rotatable bonds is 5. The Balaban J connectivity index is 1.99. The fraction of sp³-hybridized carbons (Fsp3) is 0.800. The van der Waals surface area contributed by atoms with E-state index in [-0.39, 0.29) is 0 Å². The molecule has 1 aliphatic rings. The minimum Gasteiger partial charge on any atom is -0.444 e. The Kier molecular flexibility index (Phi) is 4.99. The summed E-state index contributed by atoms with van der Waals surface area (Å²) < 4.78 is 5.73. The van der Waals surface area contributed by atoms with E-state index in [1.165, 1.54) is 19.3 Å². The van der Waals surface area contributed by atoms with Crippen molar-refractivity contribution in [3.63, 3.8) is 0 Å². The van der Waals surface area contributed by atoms with Crippen LogP contribution in [0.1, 0.15) is 56.4 Å². The average Bonchev–Trinajstić information content (AvgIpc) is 2.69. The van der Waals surface area contributed by atoms with Crippen molar-refractivity contribution in [2.45, 2.75) is 71.5 Å². The lowest BCUT2D eigenvalue weighted by molar-refractivity contribution is 0.130. The summed E-state index contributed by atoms with van der Waals surface area (Å²) in [5.74, 6) is 1.80. The van der Waals surface area contributed by atoms with Crippen LogP contribution >= 0.6 is 0 Å². The number of hydrogen-bond acceptors (Lipinski definition) is 4. The maximum atomic E-state index is 6.00. The van der Waals surface area contributed by atoms with Gasteiger partial charge in [-0.05, 0) is 52.5 Å². The number of aryl methyl sites for hydroxylation is 2. The molecule has 19 heavy (non-hydrogen) atoms. The topological polar surface area (TPSA) is 55.3 Å². The lowest BCUT2D eigenvalue weighted by atomic mass is 9.90. The molecular formula is C15H27N3O. The molecule has 2 rings (SSSR count). The summed E-state index contributed by atoms with van der Waals surface area (Å²) in [5, 5.41) is 0. The van der Waals surface area contributed by atoms with Crippen molar-refractivity contribution in [3.8, 4) is 0 Å². The highest BCUT2D eigenvalue weighted by molar-refractivity contribution is 5.05. The van der Waals surface area contributed by atoms with Gasteiger partial charge in [-0.1, -0.05) is 6.92 Å². The highest BCUT2D eigenvalue weighted by Gasteiger charge is 2.25. The average molecular weight is 265 g/mol. The van der Waals surface area contributed by atoms with Crippen LogP contribution in [0, 0.1) is 13.8 Å². The van der Waals surface area contributed by atoms with Crippen molar-refractivity contribution < 1.29 is 4.42 Å². The molecule has 1 fully saturated rings. The van der Waals surface area contributed by atoms with Crippen LogP contribution in [0.25, 0.3) is 0 Å². The second-order valence-corrected chi connectivity index (χ2v) is 5.79. The summed E-state index contributed by atoms with van der Waals surface area (Å²) in [6.07, 6.45) is 5.88. The van der Waals surface area contributed by atoms with Crippen molar-refractivity contribution in [2.24, 2.45) is 5.73 Å². The van der Waals surface area contributed by atoms with Crippen molar-refractivity contribution >= 4 is 0 Å². The molecule has 4 nitrogen and oxygen atoms in total. The zero-order valence-corrected chi connectivity index (χ0v) is 12.5. The Bertz CT molecular complexity index is 375. The van der Waals surface area contributed by atoms with Crippen LogP contribution in [0.3, 0.4) is 0 Å². The van der Waals surface area contributed by atoms with E-state index >= 15 is 0 Å². The third-order valence-electron chi connectivity index (χ3n) is 4.18. The molecule has 1 aromatic rings. The van der Waals surface area contributed by atoms with Gasteiger partial charge in [0.05, 0.1) is 12.2 Å². The third kappa shape index (κ3) is 3.80. The van der Waals surface area contributed by atoms with E-state index in [0.717, 1.165) is 43.3 Å². The first-order chi connectivity index (χ1) is 9.10. The van der Waals surface area contributed by atoms with Crippen LogP contribution in [0.4, 0.5) is 0 Å². The molecule has 1 heterocycles. The summed E-state index contributed by atoms with van der Waals surface area (Å²) >= 11 is 0. The van der Waals surface area contributed by atoms with Gasteiger partial charge in [-0.2, -0.15) is 0 Å². The molecule has 2 N–H and O–H groups in total. The number of hydrogen-bond donors (Lipinski definition) is 1. The second-order valence-electron chi connectivity index (χ2n) is 5.79. The summed E-state index contributed by atoms with van der Waals surface area (Å²) in [6, 6.07) is 1.05. The molecule has 0 spiro atoms. The molecule has 0 amide bonds. The first kappa shape index (κ1) is 14.5. The number of aromatic nitrogens is 1. The van der Waals surface area contributed by atoms with Crippen LogP contribution in [0.5, 0.6) is 0 Å². The van der Waals surface area contributed by atoms with Gasteiger partial charge in [0.15, 0.2) is 0 Å². The standard InChI is InChI=1S/C15H27N3O/c1-4-9-18(14-7-5-13(16)6-8-14)10-15-17-11(2)12(3)19-15/h13-14H,4-10,16H2,1-3H3. The molecule has 1 aromatic heterocycles. The molecule has 1 saturated carbocycles. The van der Waals surface area contributed by atoms with E-state index in [4.69, 9.17) is 10.2 Å². The van der Waals surface area contributed by atoms with Gasteiger partial charge in [0.1, 0.15) is 5.76 Å². The number of nitrogens with two attached hydrogens (primary N) is 1. The Morgan fingerprint density at radius 2 is 1.95 bits per heavy atom. The smallest absolute Gasteiger partial charge is 0.208 e. The van der Waals surface area contributed by atoms with Crippen LogP contribution < -0.4 is 5.73 Å². The van der Waals surface area contributed by atoms with Crippen LogP contribution in [-0.4, -0.2) is 28.5 Å². The quantitative estimate of drug-likeness (QED) is 0.889. The monoisotopic (exact) mass is 265 g/mol. The minimum absolute atomic E-state index is 0.408.